The number of furan rings is 1. The predicted octanol–water partition coefficient (Wildman–Crippen LogP) is 5.52. The number of hydrogen-bond donors (Lipinski definition) is 1. The maximum Gasteiger partial charge on any atom is 0.416 e. The molecule has 1 fully saturated rings. The Labute approximate surface area is 212 Å². The minimum absolute atomic E-state index is 0.185. The molecule has 5 rings (SSSR count). The van der Waals surface area contributed by atoms with Gasteiger partial charge < -0.3 is 9.73 Å². The van der Waals surface area contributed by atoms with E-state index in [1.807, 2.05) is 0 Å². The summed E-state index contributed by atoms with van der Waals surface area (Å²) in [4.78, 5) is 13.0. The second-order valence-electron chi connectivity index (χ2n) is 9.19. The number of alkyl halides is 3. The number of sulfonamides is 1. The number of nitrogens with one attached hydrogen (secondary N) is 1. The lowest BCUT2D eigenvalue weighted by atomic mass is 9.92. The van der Waals surface area contributed by atoms with Gasteiger partial charge in [0.15, 0.2) is 0 Å². The minimum atomic E-state index is -4.40. The molecule has 1 aliphatic carbocycles. The molecule has 2 heterocycles. The van der Waals surface area contributed by atoms with Crippen LogP contribution in [0.1, 0.15) is 36.8 Å². The van der Waals surface area contributed by atoms with Crippen molar-refractivity contribution in [1.29, 1.82) is 0 Å². The van der Waals surface area contributed by atoms with Gasteiger partial charge in [-0.05, 0) is 55.0 Å². The molecular weight excluding hydrogens is 505 g/mol. The summed E-state index contributed by atoms with van der Waals surface area (Å²) >= 11 is 0. The number of allylic oxidation sites excluding steroid dienone is 3. The molecule has 1 aromatic heterocycles. The highest BCUT2D eigenvalue weighted by Gasteiger charge is 2.41. The Morgan fingerprint density at radius 2 is 1.86 bits per heavy atom. The van der Waals surface area contributed by atoms with Crippen molar-refractivity contribution in [3.63, 3.8) is 0 Å². The molecule has 6 nitrogen and oxygen atoms in total. The molecule has 10 heteroatoms. The molecule has 1 aliphatic heterocycles. The Morgan fingerprint density at radius 1 is 1.05 bits per heavy atom. The summed E-state index contributed by atoms with van der Waals surface area (Å²) in [7, 11) is -3.99. The van der Waals surface area contributed by atoms with Crippen molar-refractivity contribution in [2.45, 2.75) is 43.0 Å². The highest BCUT2D eigenvalue weighted by molar-refractivity contribution is 7.89. The molecule has 1 N–H and O–H groups in total. The molecule has 0 bridgehead atoms. The summed E-state index contributed by atoms with van der Waals surface area (Å²) in [5.74, 6) is -0.384. The summed E-state index contributed by atoms with van der Waals surface area (Å²) in [6.07, 6.45) is 1.26. The van der Waals surface area contributed by atoms with Gasteiger partial charge in [0.05, 0.1) is 5.56 Å². The number of halogens is 3. The van der Waals surface area contributed by atoms with E-state index in [1.165, 1.54) is 16.4 Å². The van der Waals surface area contributed by atoms with Crippen LogP contribution in [0.2, 0.25) is 0 Å². The van der Waals surface area contributed by atoms with Gasteiger partial charge in [-0.2, -0.15) is 17.5 Å². The standard InChI is InChI=1S/C27H25F3N2O4S/c28-27(29,30)22-7-3-6-20(15-22)19-12-10-18(11-13-19)17-31-26(33)23-8-4-14-32(23)37(34,35)25-16-21-5-1-2-9-24(21)36-25/h1-3,5-7,9-10,12,15-16,23H,4,8,11,13-14,17H2,(H,31,33). The Balaban J connectivity index is 1.25. The van der Waals surface area contributed by atoms with Gasteiger partial charge in [0.2, 0.25) is 11.0 Å². The molecule has 0 saturated carbocycles. The molecular formula is C27H25F3N2O4S. The van der Waals surface area contributed by atoms with Crippen LogP contribution in [0.15, 0.2) is 81.8 Å². The normalized spacial score (nSPS) is 19.1. The van der Waals surface area contributed by atoms with Crippen molar-refractivity contribution >= 4 is 32.5 Å². The Bertz CT molecular complexity index is 1470. The van der Waals surface area contributed by atoms with Gasteiger partial charge in [0, 0.05) is 24.5 Å². The second-order valence-corrected chi connectivity index (χ2v) is 11.0. The van der Waals surface area contributed by atoms with Crippen LogP contribution in [0.4, 0.5) is 13.2 Å². The molecule has 37 heavy (non-hydrogen) atoms. The molecule has 1 unspecified atom stereocenters. The van der Waals surface area contributed by atoms with Crippen LogP contribution < -0.4 is 5.32 Å². The van der Waals surface area contributed by atoms with E-state index >= 15 is 0 Å². The zero-order valence-electron chi connectivity index (χ0n) is 19.8. The highest BCUT2D eigenvalue weighted by Crippen LogP contribution is 2.34. The monoisotopic (exact) mass is 530 g/mol. The molecule has 2 aliphatic rings. The maximum absolute atomic E-state index is 13.2. The number of benzene rings is 2. The third kappa shape index (κ3) is 5.21. The van der Waals surface area contributed by atoms with E-state index in [0.29, 0.717) is 42.2 Å². The number of nitrogens with zero attached hydrogens (tertiary/aromatic N) is 1. The van der Waals surface area contributed by atoms with Crippen LogP contribution in [0.3, 0.4) is 0 Å². The largest absolute Gasteiger partial charge is 0.443 e. The van der Waals surface area contributed by atoms with Crippen molar-refractivity contribution in [2.24, 2.45) is 0 Å². The maximum atomic E-state index is 13.2. The van der Waals surface area contributed by atoms with Crippen molar-refractivity contribution in [3.05, 3.63) is 83.4 Å². The molecule has 2 aromatic carbocycles. The van der Waals surface area contributed by atoms with Crippen LogP contribution in [-0.2, 0) is 21.0 Å². The fourth-order valence-corrected chi connectivity index (χ4v) is 6.38. The van der Waals surface area contributed by atoms with Crippen molar-refractivity contribution in [1.82, 2.24) is 9.62 Å². The Morgan fingerprint density at radius 3 is 2.59 bits per heavy atom. The van der Waals surface area contributed by atoms with Gasteiger partial charge >= 0.3 is 6.18 Å². The first-order valence-electron chi connectivity index (χ1n) is 12.0. The fraction of sp³-hybridized carbons (Fsp3) is 0.296. The Hall–Kier alpha value is -3.37. The topological polar surface area (TPSA) is 79.6 Å². The third-order valence-electron chi connectivity index (χ3n) is 6.76. The van der Waals surface area contributed by atoms with E-state index in [1.54, 1.807) is 42.5 Å². The van der Waals surface area contributed by atoms with Gasteiger partial charge in [-0.15, -0.1) is 0 Å². The fourth-order valence-electron chi connectivity index (χ4n) is 4.77. The van der Waals surface area contributed by atoms with Gasteiger partial charge in [-0.3, -0.25) is 4.79 Å². The zero-order valence-corrected chi connectivity index (χ0v) is 20.6. The lowest BCUT2D eigenvalue weighted by Gasteiger charge is -2.23. The average Bonchev–Trinajstić information content (AvgIpc) is 3.56. The van der Waals surface area contributed by atoms with E-state index in [9.17, 15) is 26.4 Å². The molecule has 194 valence electrons. The Kier molecular flexibility index (Phi) is 6.72. The molecule has 1 amide bonds. The number of carbonyl (C=O) groups is 1. The smallest absolute Gasteiger partial charge is 0.416 e. The van der Waals surface area contributed by atoms with E-state index in [2.05, 4.69) is 5.32 Å². The first kappa shape index (κ1) is 25.3. The molecule has 1 saturated heterocycles. The number of amides is 1. The second kappa shape index (κ2) is 9.83. The minimum Gasteiger partial charge on any atom is -0.443 e. The van der Waals surface area contributed by atoms with Gasteiger partial charge in [-0.1, -0.05) is 48.1 Å². The lowest BCUT2D eigenvalue weighted by molar-refractivity contribution is -0.137. The summed E-state index contributed by atoms with van der Waals surface area (Å²) in [6, 6.07) is 12.9. The van der Waals surface area contributed by atoms with E-state index < -0.39 is 27.8 Å². The summed E-state index contributed by atoms with van der Waals surface area (Å²) in [5.41, 5.74) is 2.00. The van der Waals surface area contributed by atoms with Crippen LogP contribution in [-0.4, -0.2) is 37.8 Å². The average molecular weight is 531 g/mol. The quantitative estimate of drug-likeness (QED) is 0.455. The van der Waals surface area contributed by atoms with Crippen LogP contribution in [0.25, 0.3) is 16.5 Å². The van der Waals surface area contributed by atoms with Crippen LogP contribution in [0.5, 0.6) is 0 Å². The van der Waals surface area contributed by atoms with Crippen molar-refractivity contribution in [3.8, 4) is 0 Å². The summed E-state index contributed by atoms with van der Waals surface area (Å²) in [5, 5.41) is 3.32. The van der Waals surface area contributed by atoms with E-state index in [0.717, 1.165) is 23.3 Å². The molecule has 1 atom stereocenters. The lowest BCUT2D eigenvalue weighted by Crippen LogP contribution is -2.46. The number of para-hydroxylation sites is 1. The zero-order chi connectivity index (χ0) is 26.2. The number of carbonyl (C=O) groups excluding carboxylic acids is 1. The van der Waals surface area contributed by atoms with Gasteiger partial charge in [0.1, 0.15) is 11.6 Å². The van der Waals surface area contributed by atoms with E-state index in [-0.39, 0.29) is 24.1 Å². The van der Waals surface area contributed by atoms with E-state index in [4.69, 9.17) is 4.42 Å². The molecule has 0 spiro atoms. The van der Waals surface area contributed by atoms with Crippen LogP contribution >= 0.6 is 0 Å². The van der Waals surface area contributed by atoms with Crippen LogP contribution in [0, 0.1) is 0 Å². The van der Waals surface area contributed by atoms with Gasteiger partial charge in [0.25, 0.3) is 10.0 Å². The predicted molar refractivity (Wildman–Crippen MR) is 133 cm³/mol. The van der Waals surface area contributed by atoms with Crippen molar-refractivity contribution in [2.75, 3.05) is 13.1 Å². The summed E-state index contributed by atoms with van der Waals surface area (Å²) in [6.45, 7) is 0.462. The number of hydrogen-bond acceptors (Lipinski definition) is 4. The first-order chi connectivity index (χ1) is 17.6. The summed E-state index contributed by atoms with van der Waals surface area (Å²) < 4.78 is 72.3. The number of rotatable bonds is 6. The molecule has 0 radical (unpaired) electrons. The highest BCUT2D eigenvalue weighted by atomic mass is 32.2. The van der Waals surface area contributed by atoms with Crippen molar-refractivity contribution < 1.29 is 30.8 Å². The third-order valence-corrected chi connectivity index (χ3v) is 8.52. The SMILES string of the molecule is O=C(NCC1=CC=C(c2cccc(C(F)(F)F)c2)CC1)C1CCCN1S(=O)(=O)c1cc2ccccc2o1. The first-order valence-corrected chi connectivity index (χ1v) is 13.4. The molecule has 3 aromatic rings. The number of fused-ring (bicyclic) bond motifs is 1. The van der Waals surface area contributed by atoms with Gasteiger partial charge in [-0.25, -0.2) is 8.42 Å².